The number of esters is 1. The van der Waals surface area contributed by atoms with Gasteiger partial charge in [-0.15, -0.1) is 0 Å². The summed E-state index contributed by atoms with van der Waals surface area (Å²) in [6.45, 7) is 7.71. The van der Waals surface area contributed by atoms with E-state index in [-0.39, 0.29) is 36.2 Å². The monoisotopic (exact) mass is 229 g/mol. The van der Waals surface area contributed by atoms with Gasteiger partial charge in [-0.05, 0) is 6.42 Å². The molecule has 4 nitrogen and oxygen atoms in total. The van der Waals surface area contributed by atoms with Gasteiger partial charge in [0.15, 0.2) is 5.78 Å². The summed E-state index contributed by atoms with van der Waals surface area (Å²) in [5.41, 5.74) is 0. The lowest BCUT2D eigenvalue weighted by molar-refractivity contribution is -0.141. The Hall–Kier alpha value is -0.900. The van der Waals surface area contributed by atoms with Gasteiger partial charge < -0.3 is 10.1 Å². The molecule has 0 heterocycles. The van der Waals surface area contributed by atoms with Gasteiger partial charge in [-0.2, -0.15) is 0 Å². The topological polar surface area (TPSA) is 55.4 Å². The lowest BCUT2D eigenvalue weighted by Crippen LogP contribution is -2.43. The average Bonchev–Trinajstić information content (AvgIpc) is 2.21. The van der Waals surface area contributed by atoms with Crippen LogP contribution in [-0.4, -0.2) is 30.9 Å². The van der Waals surface area contributed by atoms with Crippen molar-refractivity contribution in [2.45, 2.75) is 52.6 Å². The van der Waals surface area contributed by atoms with Crippen LogP contribution in [0.2, 0.25) is 0 Å². The molecule has 16 heavy (non-hydrogen) atoms. The fraction of sp³-hybridized carbons (Fsp3) is 0.833. The Morgan fingerprint density at radius 3 is 2.12 bits per heavy atom. The minimum Gasteiger partial charge on any atom is -0.469 e. The number of hydrogen-bond donors (Lipinski definition) is 1. The van der Waals surface area contributed by atoms with Gasteiger partial charge in [-0.25, -0.2) is 0 Å². The third kappa shape index (κ3) is 5.85. The number of nitrogens with one attached hydrogen (secondary N) is 1. The molecule has 0 aliphatic carbocycles. The molecule has 0 amide bonds. The van der Waals surface area contributed by atoms with Crippen LogP contribution in [0.5, 0.6) is 0 Å². The van der Waals surface area contributed by atoms with Crippen molar-refractivity contribution in [1.82, 2.24) is 5.32 Å². The third-order valence-electron chi connectivity index (χ3n) is 2.31. The fourth-order valence-electron chi connectivity index (χ4n) is 1.48. The summed E-state index contributed by atoms with van der Waals surface area (Å²) in [5, 5.41) is 3.18. The molecule has 0 fully saturated rings. The molecule has 0 spiro atoms. The van der Waals surface area contributed by atoms with Crippen LogP contribution in [0.15, 0.2) is 0 Å². The number of rotatable bonds is 7. The average molecular weight is 229 g/mol. The van der Waals surface area contributed by atoms with Crippen molar-refractivity contribution in [3.63, 3.8) is 0 Å². The van der Waals surface area contributed by atoms with Crippen LogP contribution in [-0.2, 0) is 14.3 Å². The molecule has 0 radical (unpaired) electrons. The van der Waals surface area contributed by atoms with Crippen LogP contribution < -0.4 is 5.32 Å². The summed E-state index contributed by atoms with van der Waals surface area (Å²) >= 11 is 0. The summed E-state index contributed by atoms with van der Waals surface area (Å²) in [6, 6.07) is -0.0237. The van der Waals surface area contributed by atoms with E-state index >= 15 is 0 Å². The number of carbonyl (C=O) groups excluding carboxylic acids is 2. The van der Waals surface area contributed by atoms with E-state index in [1.54, 1.807) is 0 Å². The second-order valence-corrected chi connectivity index (χ2v) is 4.55. The molecule has 94 valence electrons. The van der Waals surface area contributed by atoms with Crippen LogP contribution >= 0.6 is 0 Å². The van der Waals surface area contributed by atoms with Crippen LogP contribution in [0.25, 0.3) is 0 Å². The van der Waals surface area contributed by atoms with Gasteiger partial charge in [-0.3, -0.25) is 9.59 Å². The number of hydrogen-bond acceptors (Lipinski definition) is 4. The molecule has 4 heteroatoms. The summed E-state index contributed by atoms with van der Waals surface area (Å²) in [4.78, 5) is 22.9. The molecule has 0 unspecified atom stereocenters. The zero-order valence-electron chi connectivity index (χ0n) is 10.9. The predicted octanol–water partition coefficient (Wildman–Crippen LogP) is 1.53. The molecular formula is C12H23NO3. The second-order valence-electron chi connectivity index (χ2n) is 4.55. The number of carbonyl (C=O) groups is 2. The lowest BCUT2D eigenvalue weighted by Gasteiger charge is -2.21. The van der Waals surface area contributed by atoms with Crippen LogP contribution in [0.4, 0.5) is 0 Å². The van der Waals surface area contributed by atoms with Gasteiger partial charge in [0.05, 0.1) is 13.2 Å². The van der Waals surface area contributed by atoms with Crippen molar-refractivity contribution in [3.8, 4) is 0 Å². The van der Waals surface area contributed by atoms with Crippen LogP contribution in [0, 0.1) is 5.92 Å². The van der Waals surface area contributed by atoms with E-state index in [2.05, 4.69) is 10.1 Å². The van der Waals surface area contributed by atoms with Gasteiger partial charge in [0, 0.05) is 18.4 Å². The van der Waals surface area contributed by atoms with E-state index < -0.39 is 0 Å². The van der Waals surface area contributed by atoms with E-state index in [0.717, 1.165) is 0 Å². The first-order valence-electron chi connectivity index (χ1n) is 5.75. The molecule has 0 aromatic heterocycles. The minimum absolute atomic E-state index is 0.0195. The maximum absolute atomic E-state index is 11.9. The van der Waals surface area contributed by atoms with Crippen molar-refractivity contribution >= 4 is 11.8 Å². The van der Waals surface area contributed by atoms with E-state index in [4.69, 9.17) is 0 Å². The van der Waals surface area contributed by atoms with E-state index in [1.165, 1.54) is 7.11 Å². The number of methoxy groups -OCH3 is 1. The molecule has 0 bridgehead atoms. The third-order valence-corrected chi connectivity index (χ3v) is 2.31. The highest BCUT2D eigenvalue weighted by Gasteiger charge is 2.22. The molecule has 0 aromatic carbocycles. The standard InChI is InChI=1S/C12H23NO3/c1-8(2)12(15)10(13-9(3)4)6-7-11(14)16-5/h8-10,13H,6-7H2,1-5H3/t10-/m0/s1. The van der Waals surface area contributed by atoms with Gasteiger partial charge >= 0.3 is 5.97 Å². The quantitative estimate of drug-likeness (QED) is 0.673. The zero-order chi connectivity index (χ0) is 12.7. The van der Waals surface area contributed by atoms with E-state index in [0.29, 0.717) is 6.42 Å². The van der Waals surface area contributed by atoms with Crippen LogP contribution in [0.3, 0.4) is 0 Å². The molecule has 1 atom stereocenters. The molecule has 0 aliphatic heterocycles. The van der Waals surface area contributed by atoms with Gasteiger partial charge in [0.25, 0.3) is 0 Å². The largest absolute Gasteiger partial charge is 0.469 e. The first-order valence-corrected chi connectivity index (χ1v) is 5.75. The number of ketones is 1. The van der Waals surface area contributed by atoms with E-state index in [9.17, 15) is 9.59 Å². The Morgan fingerprint density at radius 1 is 1.19 bits per heavy atom. The highest BCUT2D eigenvalue weighted by molar-refractivity contribution is 5.86. The molecule has 0 saturated carbocycles. The van der Waals surface area contributed by atoms with Crippen molar-refractivity contribution in [2.24, 2.45) is 5.92 Å². The van der Waals surface area contributed by atoms with E-state index in [1.807, 2.05) is 27.7 Å². The molecule has 0 aromatic rings. The van der Waals surface area contributed by atoms with Gasteiger partial charge in [0.1, 0.15) is 0 Å². The Balaban J connectivity index is 4.32. The Bertz CT molecular complexity index is 236. The Kier molecular flexibility index (Phi) is 6.97. The minimum atomic E-state index is -0.271. The smallest absolute Gasteiger partial charge is 0.305 e. The maximum atomic E-state index is 11.9. The van der Waals surface area contributed by atoms with Crippen molar-refractivity contribution < 1.29 is 14.3 Å². The van der Waals surface area contributed by atoms with Gasteiger partial charge in [0.2, 0.25) is 0 Å². The van der Waals surface area contributed by atoms with Crippen LogP contribution in [0.1, 0.15) is 40.5 Å². The Morgan fingerprint density at radius 2 is 1.75 bits per heavy atom. The van der Waals surface area contributed by atoms with Crippen molar-refractivity contribution in [3.05, 3.63) is 0 Å². The lowest BCUT2D eigenvalue weighted by atomic mass is 9.97. The van der Waals surface area contributed by atoms with Crippen molar-refractivity contribution in [1.29, 1.82) is 0 Å². The number of ether oxygens (including phenoxy) is 1. The summed E-state index contributed by atoms with van der Waals surface area (Å²) in [6.07, 6.45) is 0.779. The highest BCUT2D eigenvalue weighted by atomic mass is 16.5. The number of Topliss-reactive ketones (excluding diaryl/α,β-unsaturated/α-hetero) is 1. The zero-order valence-corrected chi connectivity index (χ0v) is 10.9. The SMILES string of the molecule is COC(=O)CC[C@H](NC(C)C)C(=O)C(C)C. The first kappa shape index (κ1) is 15.1. The summed E-state index contributed by atoms with van der Waals surface area (Å²) in [7, 11) is 1.36. The molecule has 0 saturated heterocycles. The first-order chi connectivity index (χ1) is 7.38. The highest BCUT2D eigenvalue weighted by Crippen LogP contribution is 2.07. The molecular weight excluding hydrogens is 206 g/mol. The predicted molar refractivity (Wildman–Crippen MR) is 63.2 cm³/mol. The molecule has 1 N–H and O–H groups in total. The summed E-state index contributed by atoms with van der Waals surface area (Å²) in [5.74, 6) is -0.140. The molecule has 0 rings (SSSR count). The molecule has 0 aliphatic rings. The second kappa shape index (κ2) is 7.39. The van der Waals surface area contributed by atoms with Crippen molar-refractivity contribution in [2.75, 3.05) is 7.11 Å². The summed E-state index contributed by atoms with van der Waals surface area (Å²) < 4.78 is 4.57. The van der Waals surface area contributed by atoms with Gasteiger partial charge in [-0.1, -0.05) is 27.7 Å². The Labute approximate surface area is 97.7 Å². The maximum Gasteiger partial charge on any atom is 0.305 e. The normalized spacial score (nSPS) is 12.9. The fourth-order valence-corrected chi connectivity index (χ4v) is 1.48.